The normalized spacial score (nSPS) is 12.4. The summed E-state index contributed by atoms with van der Waals surface area (Å²) in [7, 11) is 3.62. The summed E-state index contributed by atoms with van der Waals surface area (Å²) in [6, 6.07) is 5.39. The number of halogens is 1. The summed E-state index contributed by atoms with van der Waals surface area (Å²) in [5.41, 5.74) is 7.17. The smallest absolute Gasteiger partial charge is 0.123 e. The molecule has 1 heterocycles. The number of methoxy groups -OCH3 is 1. The lowest BCUT2D eigenvalue weighted by Crippen LogP contribution is -2.13. The molecule has 4 nitrogen and oxygen atoms in total. The summed E-state index contributed by atoms with van der Waals surface area (Å²) in [4.78, 5) is 4.29. The van der Waals surface area contributed by atoms with Gasteiger partial charge in [0.25, 0.3) is 0 Å². The van der Waals surface area contributed by atoms with E-state index in [4.69, 9.17) is 22.1 Å². The Balaban J connectivity index is 2.09. The van der Waals surface area contributed by atoms with Crippen LogP contribution >= 0.6 is 11.6 Å². The third-order valence-corrected chi connectivity index (χ3v) is 3.43. The van der Waals surface area contributed by atoms with Gasteiger partial charge in [-0.25, -0.2) is 4.98 Å². The van der Waals surface area contributed by atoms with E-state index in [0.717, 1.165) is 30.0 Å². The molecule has 1 atom stereocenters. The van der Waals surface area contributed by atoms with Gasteiger partial charge >= 0.3 is 0 Å². The van der Waals surface area contributed by atoms with Gasteiger partial charge in [0.15, 0.2) is 0 Å². The standard InChI is InChI=1S/C14H18ClN3O/c1-18-8-7-17-14(18)6-4-12(16)11-9-10(15)3-5-13(11)19-2/h3,5,7-9,12H,4,6,16H2,1-2H3. The van der Waals surface area contributed by atoms with Gasteiger partial charge in [0.05, 0.1) is 7.11 Å². The van der Waals surface area contributed by atoms with Crippen LogP contribution in [0.5, 0.6) is 5.75 Å². The molecule has 5 heteroatoms. The van der Waals surface area contributed by atoms with E-state index in [1.54, 1.807) is 19.4 Å². The van der Waals surface area contributed by atoms with Crippen LogP contribution in [0.2, 0.25) is 5.02 Å². The third kappa shape index (κ3) is 3.28. The first-order chi connectivity index (χ1) is 9.11. The van der Waals surface area contributed by atoms with E-state index in [1.165, 1.54) is 0 Å². The van der Waals surface area contributed by atoms with Gasteiger partial charge in [0.2, 0.25) is 0 Å². The summed E-state index contributed by atoms with van der Waals surface area (Å²) < 4.78 is 7.32. The number of nitrogens with zero attached hydrogens (tertiary/aromatic N) is 2. The number of hydrogen-bond donors (Lipinski definition) is 1. The predicted octanol–water partition coefficient (Wildman–Crippen LogP) is 2.71. The van der Waals surface area contributed by atoms with Crippen LogP contribution in [-0.4, -0.2) is 16.7 Å². The third-order valence-electron chi connectivity index (χ3n) is 3.19. The lowest BCUT2D eigenvalue weighted by Gasteiger charge is -2.16. The van der Waals surface area contributed by atoms with Crippen LogP contribution in [0.1, 0.15) is 23.9 Å². The van der Waals surface area contributed by atoms with E-state index < -0.39 is 0 Å². The Morgan fingerprint density at radius 1 is 1.47 bits per heavy atom. The molecule has 2 N–H and O–H groups in total. The highest BCUT2D eigenvalue weighted by Crippen LogP contribution is 2.29. The van der Waals surface area contributed by atoms with Gasteiger partial charge in [-0.05, 0) is 24.6 Å². The minimum absolute atomic E-state index is 0.120. The zero-order valence-electron chi connectivity index (χ0n) is 11.1. The molecule has 19 heavy (non-hydrogen) atoms. The molecule has 1 aromatic carbocycles. The van der Waals surface area contributed by atoms with E-state index in [0.29, 0.717) is 5.02 Å². The first-order valence-electron chi connectivity index (χ1n) is 6.17. The summed E-state index contributed by atoms with van der Waals surface area (Å²) >= 11 is 6.02. The number of benzene rings is 1. The molecule has 0 aliphatic carbocycles. The van der Waals surface area contributed by atoms with Crippen LogP contribution in [0.25, 0.3) is 0 Å². The van der Waals surface area contributed by atoms with Crippen molar-refractivity contribution in [2.45, 2.75) is 18.9 Å². The van der Waals surface area contributed by atoms with E-state index in [2.05, 4.69) is 4.98 Å². The van der Waals surface area contributed by atoms with E-state index in [1.807, 2.05) is 29.9 Å². The predicted molar refractivity (Wildman–Crippen MR) is 76.5 cm³/mol. The molecule has 0 saturated heterocycles. The Morgan fingerprint density at radius 3 is 2.89 bits per heavy atom. The van der Waals surface area contributed by atoms with Gasteiger partial charge in [-0.1, -0.05) is 11.6 Å². The van der Waals surface area contributed by atoms with Crippen molar-refractivity contribution in [2.75, 3.05) is 7.11 Å². The quantitative estimate of drug-likeness (QED) is 0.916. The largest absolute Gasteiger partial charge is 0.496 e. The summed E-state index contributed by atoms with van der Waals surface area (Å²) in [6.45, 7) is 0. The summed E-state index contributed by atoms with van der Waals surface area (Å²) in [6.07, 6.45) is 5.34. The van der Waals surface area contributed by atoms with Crippen molar-refractivity contribution >= 4 is 11.6 Å². The zero-order valence-corrected chi connectivity index (χ0v) is 11.9. The fourth-order valence-electron chi connectivity index (χ4n) is 2.07. The molecule has 2 aromatic rings. The average molecular weight is 280 g/mol. The van der Waals surface area contributed by atoms with Crippen molar-refractivity contribution in [1.82, 2.24) is 9.55 Å². The minimum Gasteiger partial charge on any atom is -0.496 e. The Kier molecular flexibility index (Phi) is 4.45. The number of ether oxygens (including phenoxy) is 1. The zero-order chi connectivity index (χ0) is 13.8. The van der Waals surface area contributed by atoms with E-state index in [9.17, 15) is 0 Å². The number of hydrogen-bond acceptors (Lipinski definition) is 3. The van der Waals surface area contributed by atoms with Crippen LogP contribution in [0.15, 0.2) is 30.6 Å². The second-order valence-electron chi connectivity index (χ2n) is 4.49. The van der Waals surface area contributed by atoms with Gasteiger partial charge in [-0.2, -0.15) is 0 Å². The molecule has 0 spiro atoms. The molecule has 0 fully saturated rings. The van der Waals surface area contributed by atoms with Gasteiger partial charge < -0.3 is 15.0 Å². The number of aryl methyl sites for hydroxylation is 2. The van der Waals surface area contributed by atoms with Gasteiger partial charge in [-0.3, -0.25) is 0 Å². The van der Waals surface area contributed by atoms with Crippen molar-refractivity contribution in [3.63, 3.8) is 0 Å². The Labute approximate surface area is 118 Å². The van der Waals surface area contributed by atoms with Crippen molar-refractivity contribution in [3.8, 4) is 5.75 Å². The number of nitrogens with two attached hydrogens (primary N) is 1. The fourth-order valence-corrected chi connectivity index (χ4v) is 2.25. The van der Waals surface area contributed by atoms with Crippen molar-refractivity contribution in [1.29, 1.82) is 0 Å². The maximum atomic E-state index is 6.23. The summed E-state index contributed by atoms with van der Waals surface area (Å²) in [5, 5.41) is 0.670. The first kappa shape index (κ1) is 13.9. The van der Waals surface area contributed by atoms with E-state index in [-0.39, 0.29) is 6.04 Å². The highest BCUT2D eigenvalue weighted by Gasteiger charge is 2.13. The topological polar surface area (TPSA) is 53.1 Å². The molecule has 1 aromatic heterocycles. The first-order valence-corrected chi connectivity index (χ1v) is 6.55. The van der Waals surface area contributed by atoms with Gasteiger partial charge in [0.1, 0.15) is 11.6 Å². The highest BCUT2D eigenvalue weighted by molar-refractivity contribution is 6.30. The van der Waals surface area contributed by atoms with Crippen LogP contribution < -0.4 is 10.5 Å². The molecule has 0 radical (unpaired) electrons. The number of aromatic nitrogens is 2. The molecule has 0 bridgehead atoms. The number of rotatable bonds is 5. The van der Waals surface area contributed by atoms with Crippen LogP contribution in [-0.2, 0) is 13.5 Å². The minimum atomic E-state index is -0.120. The highest BCUT2D eigenvalue weighted by atomic mass is 35.5. The van der Waals surface area contributed by atoms with Gasteiger partial charge in [0, 0.05) is 42.5 Å². The molecule has 0 amide bonds. The van der Waals surface area contributed by atoms with Crippen LogP contribution in [0, 0.1) is 0 Å². The van der Waals surface area contributed by atoms with E-state index >= 15 is 0 Å². The molecule has 2 rings (SSSR count). The molecular formula is C14H18ClN3O. The number of imidazole rings is 1. The molecule has 0 aliphatic rings. The molecular weight excluding hydrogens is 262 g/mol. The molecule has 0 saturated carbocycles. The lowest BCUT2D eigenvalue weighted by atomic mass is 10.0. The SMILES string of the molecule is COc1ccc(Cl)cc1C(N)CCc1nccn1C. The van der Waals surface area contributed by atoms with Crippen LogP contribution in [0.3, 0.4) is 0 Å². The Morgan fingerprint density at radius 2 is 2.26 bits per heavy atom. The second-order valence-corrected chi connectivity index (χ2v) is 4.92. The fraction of sp³-hybridized carbons (Fsp3) is 0.357. The molecule has 0 aliphatic heterocycles. The molecule has 102 valence electrons. The second kappa shape index (κ2) is 6.08. The van der Waals surface area contributed by atoms with Crippen molar-refractivity contribution < 1.29 is 4.74 Å². The summed E-state index contributed by atoms with van der Waals surface area (Å²) in [5.74, 6) is 1.80. The Hall–Kier alpha value is -1.52. The maximum absolute atomic E-state index is 6.23. The van der Waals surface area contributed by atoms with Crippen molar-refractivity contribution in [3.05, 3.63) is 47.0 Å². The van der Waals surface area contributed by atoms with Crippen LogP contribution in [0.4, 0.5) is 0 Å². The maximum Gasteiger partial charge on any atom is 0.123 e. The lowest BCUT2D eigenvalue weighted by molar-refractivity contribution is 0.404. The van der Waals surface area contributed by atoms with Gasteiger partial charge in [-0.15, -0.1) is 0 Å². The molecule has 1 unspecified atom stereocenters. The average Bonchev–Trinajstić information content (AvgIpc) is 2.81. The Bertz CT molecular complexity index is 553. The van der Waals surface area contributed by atoms with Crippen molar-refractivity contribution in [2.24, 2.45) is 12.8 Å². The monoisotopic (exact) mass is 279 g/mol.